The summed E-state index contributed by atoms with van der Waals surface area (Å²) in [6.45, 7) is 4.03. The number of hydrogen-bond acceptors (Lipinski definition) is 2. The van der Waals surface area contributed by atoms with Crippen LogP contribution in [-0.4, -0.2) is 42.0 Å². The minimum absolute atomic E-state index is 0.0186. The summed E-state index contributed by atoms with van der Waals surface area (Å²) in [6, 6.07) is 7.74. The quantitative estimate of drug-likeness (QED) is 0.897. The number of nitrogens with one attached hydrogen (secondary N) is 2. The standard InChI is InChI=1S/C16H21N3O/c20-16(18-8-11-19-9-2-1-3-10-19)14-4-5-15-13(12-14)6-7-17-15/h4-7,12,17H,1-3,8-11H2,(H,18,20). The van der Waals surface area contributed by atoms with E-state index in [0.717, 1.165) is 29.6 Å². The maximum atomic E-state index is 12.1. The molecule has 1 aromatic carbocycles. The first-order valence-electron chi connectivity index (χ1n) is 7.41. The minimum Gasteiger partial charge on any atom is -0.361 e. The number of rotatable bonds is 4. The minimum atomic E-state index is 0.0186. The lowest BCUT2D eigenvalue weighted by Gasteiger charge is -2.26. The Morgan fingerprint density at radius 1 is 1.20 bits per heavy atom. The van der Waals surface area contributed by atoms with Crippen LogP contribution < -0.4 is 5.32 Å². The summed E-state index contributed by atoms with van der Waals surface area (Å²) < 4.78 is 0. The molecule has 4 nitrogen and oxygen atoms in total. The van der Waals surface area contributed by atoms with Gasteiger partial charge in [0, 0.05) is 35.8 Å². The second-order valence-electron chi connectivity index (χ2n) is 5.44. The van der Waals surface area contributed by atoms with E-state index in [2.05, 4.69) is 15.2 Å². The van der Waals surface area contributed by atoms with Gasteiger partial charge >= 0.3 is 0 Å². The molecule has 0 bridgehead atoms. The fourth-order valence-electron chi connectivity index (χ4n) is 2.81. The van der Waals surface area contributed by atoms with Crippen molar-refractivity contribution in [2.75, 3.05) is 26.2 Å². The van der Waals surface area contributed by atoms with Crippen molar-refractivity contribution < 1.29 is 4.79 Å². The molecule has 0 atom stereocenters. The SMILES string of the molecule is O=C(NCCN1CCCCC1)c1ccc2[nH]ccc2c1. The number of likely N-dealkylation sites (tertiary alicyclic amines) is 1. The number of aromatic nitrogens is 1. The molecule has 1 fully saturated rings. The topological polar surface area (TPSA) is 48.1 Å². The average molecular weight is 271 g/mol. The first-order valence-corrected chi connectivity index (χ1v) is 7.41. The van der Waals surface area contributed by atoms with Crippen LogP contribution in [0.5, 0.6) is 0 Å². The third kappa shape index (κ3) is 3.02. The van der Waals surface area contributed by atoms with E-state index in [1.54, 1.807) is 0 Å². The molecule has 2 N–H and O–H groups in total. The number of piperidine rings is 1. The fourth-order valence-corrected chi connectivity index (χ4v) is 2.81. The van der Waals surface area contributed by atoms with Gasteiger partial charge in [0.2, 0.25) is 0 Å². The van der Waals surface area contributed by atoms with E-state index in [0.29, 0.717) is 0 Å². The zero-order valence-electron chi connectivity index (χ0n) is 11.7. The smallest absolute Gasteiger partial charge is 0.251 e. The maximum Gasteiger partial charge on any atom is 0.251 e. The first kappa shape index (κ1) is 13.2. The Labute approximate surface area is 119 Å². The molecule has 2 heterocycles. The lowest BCUT2D eigenvalue weighted by Crippen LogP contribution is -2.37. The Kier molecular flexibility index (Phi) is 4.02. The number of aromatic amines is 1. The van der Waals surface area contributed by atoms with Crippen molar-refractivity contribution in [2.45, 2.75) is 19.3 Å². The summed E-state index contributed by atoms with van der Waals surface area (Å²) in [4.78, 5) is 17.7. The van der Waals surface area contributed by atoms with Crippen LogP contribution in [0.3, 0.4) is 0 Å². The van der Waals surface area contributed by atoms with E-state index in [9.17, 15) is 4.79 Å². The third-order valence-corrected chi connectivity index (χ3v) is 3.98. The molecule has 1 aliphatic heterocycles. The second-order valence-corrected chi connectivity index (χ2v) is 5.44. The summed E-state index contributed by atoms with van der Waals surface area (Å²) in [5.41, 5.74) is 1.80. The second kappa shape index (κ2) is 6.09. The van der Waals surface area contributed by atoms with Crippen LogP contribution in [0.4, 0.5) is 0 Å². The van der Waals surface area contributed by atoms with Crippen LogP contribution >= 0.6 is 0 Å². The van der Waals surface area contributed by atoms with E-state index in [-0.39, 0.29) is 5.91 Å². The summed E-state index contributed by atoms with van der Waals surface area (Å²) >= 11 is 0. The lowest BCUT2D eigenvalue weighted by molar-refractivity contribution is 0.0946. The van der Waals surface area contributed by atoms with Gasteiger partial charge in [-0.1, -0.05) is 6.42 Å². The monoisotopic (exact) mass is 271 g/mol. The van der Waals surface area contributed by atoms with Crippen molar-refractivity contribution in [3.63, 3.8) is 0 Å². The van der Waals surface area contributed by atoms with Gasteiger partial charge in [0.05, 0.1) is 0 Å². The molecular weight excluding hydrogens is 250 g/mol. The summed E-state index contributed by atoms with van der Waals surface area (Å²) in [5.74, 6) is 0.0186. The molecule has 1 amide bonds. The molecule has 1 aromatic heterocycles. The first-order chi connectivity index (χ1) is 9.83. The van der Waals surface area contributed by atoms with Gasteiger partial charge in [0.25, 0.3) is 5.91 Å². The van der Waals surface area contributed by atoms with Crippen molar-refractivity contribution in [1.29, 1.82) is 0 Å². The van der Waals surface area contributed by atoms with Crippen molar-refractivity contribution in [1.82, 2.24) is 15.2 Å². The van der Waals surface area contributed by atoms with Crippen molar-refractivity contribution in [3.05, 3.63) is 36.0 Å². The van der Waals surface area contributed by atoms with E-state index >= 15 is 0 Å². The molecule has 1 aliphatic rings. The number of H-pyrrole nitrogens is 1. The van der Waals surface area contributed by atoms with E-state index in [1.807, 2.05) is 30.5 Å². The fraction of sp³-hybridized carbons (Fsp3) is 0.438. The molecule has 0 radical (unpaired) electrons. The van der Waals surface area contributed by atoms with Gasteiger partial charge in [-0.25, -0.2) is 0 Å². The van der Waals surface area contributed by atoms with Gasteiger partial charge in [-0.3, -0.25) is 4.79 Å². The van der Waals surface area contributed by atoms with Gasteiger partial charge < -0.3 is 15.2 Å². The number of carbonyl (C=O) groups excluding carboxylic acids is 1. The molecule has 0 unspecified atom stereocenters. The lowest BCUT2D eigenvalue weighted by atomic mass is 10.1. The molecule has 4 heteroatoms. The van der Waals surface area contributed by atoms with Crippen LogP contribution in [0.15, 0.2) is 30.5 Å². The maximum absolute atomic E-state index is 12.1. The normalized spacial score (nSPS) is 16.4. The number of amides is 1. The van der Waals surface area contributed by atoms with Gasteiger partial charge in [-0.05, 0) is 50.2 Å². The van der Waals surface area contributed by atoms with Gasteiger partial charge in [-0.2, -0.15) is 0 Å². The van der Waals surface area contributed by atoms with Crippen LogP contribution in [-0.2, 0) is 0 Å². The Bertz CT molecular complexity index is 584. The molecule has 1 saturated heterocycles. The van der Waals surface area contributed by atoms with Gasteiger partial charge in [0.15, 0.2) is 0 Å². The Morgan fingerprint density at radius 3 is 2.90 bits per heavy atom. The number of fused-ring (bicyclic) bond motifs is 1. The number of hydrogen-bond donors (Lipinski definition) is 2. The van der Waals surface area contributed by atoms with Crippen LogP contribution in [0, 0.1) is 0 Å². The molecule has 2 aromatic rings. The molecule has 0 aliphatic carbocycles. The van der Waals surface area contributed by atoms with Crippen molar-refractivity contribution in [3.8, 4) is 0 Å². The Hall–Kier alpha value is -1.81. The molecule has 3 rings (SSSR count). The highest BCUT2D eigenvalue weighted by molar-refractivity contribution is 5.98. The zero-order chi connectivity index (χ0) is 13.8. The number of benzene rings is 1. The number of nitrogens with zero attached hydrogens (tertiary/aromatic N) is 1. The number of carbonyl (C=O) groups is 1. The molecule has 0 spiro atoms. The van der Waals surface area contributed by atoms with Crippen LogP contribution in [0.25, 0.3) is 10.9 Å². The highest BCUT2D eigenvalue weighted by Gasteiger charge is 2.11. The van der Waals surface area contributed by atoms with Crippen LogP contribution in [0.2, 0.25) is 0 Å². The third-order valence-electron chi connectivity index (χ3n) is 3.98. The highest BCUT2D eigenvalue weighted by Crippen LogP contribution is 2.14. The summed E-state index contributed by atoms with van der Waals surface area (Å²) in [7, 11) is 0. The Morgan fingerprint density at radius 2 is 2.05 bits per heavy atom. The van der Waals surface area contributed by atoms with E-state index in [1.165, 1.54) is 32.4 Å². The molecular formula is C16H21N3O. The summed E-state index contributed by atoms with van der Waals surface area (Å²) in [6.07, 6.45) is 5.82. The molecule has 106 valence electrons. The zero-order valence-corrected chi connectivity index (χ0v) is 11.7. The molecule has 0 saturated carbocycles. The van der Waals surface area contributed by atoms with Gasteiger partial charge in [-0.15, -0.1) is 0 Å². The van der Waals surface area contributed by atoms with E-state index in [4.69, 9.17) is 0 Å². The Balaban J connectivity index is 1.53. The predicted octanol–water partition coefficient (Wildman–Crippen LogP) is 2.38. The van der Waals surface area contributed by atoms with Crippen molar-refractivity contribution >= 4 is 16.8 Å². The van der Waals surface area contributed by atoms with Crippen molar-refractivity contribution in [2.24, 2.45) is 0 Å². The summed E-state index contributed by atoms with van der Waals surface area (Å²) in [5, 5.41) is 4.09. The van der Waals surface area contributed by atoms with E-state index < -0.39 is 0 Å². The average Bonchev–Trinajstić information content (AvgIpc) is 2.95. The van der Waals surface area contributed by atoms with Gasteiger partial charge in [0.1, 0.15) is 0 Å². The predicted molar refractivity (Wildman–Crippen MR) is 80.9 cm³/mol. The highest BCUT2D eigenvalue weighted by atomic mass is 16.1. The largest absolute Gasteiger partial charge is 0.361 e. The molecule has 20 heavy (non-hydrogen) atoms. The van der Waals surface area contributed by atoms with Crippen LogP contribution in [0.1, 0.15) is 29.6 Å².